The average Bonchev–Trinajstić information content (AvgIpc) is 2.82. The molecule has 0 aliphatic rings. The molecular weight excluding hydrogens is 383 g/mol. The van der Waals surface area contributed by atoms with Crippen LogP contribution in [0.5, 0.6) is 0 Å². The maximum atomic E-state index is 11.6. The summed E-state index contributed by atoms with van der Waals surface area (Å²) >= 11 is 12.8. The van der Waals surface area contributed by atoms with Crippen molar-refractivity contribution in [1.29, 1.82) is 0 Å². The predicted octanol–water partition coefficient (Wildman–Crippen LogP) is 4.54. The molecule has 0 bridgehead atoms. The number of hydrogen-bond donors (Lipinski definition) is 1. The van der Waals surface area contributed by atoms with E-state index in [2.05, 4.69) is 5.32 Å². The zero-order valence-corrected chi connectivity index (χ0v) is 15.2. The van der Waals surface area contributed by atoms with E-state index in [0.717, 1.165) is 23.7 Å². The highest BCUT2D eigenvalue weighted by molar-refractivity contribution is 7.92. The molecule has 0 saturated carbocycles. The number of nitrogens with one attached hydrogen (secondary N) is 1. The summed E-state index contributed by atoms with van der Waals surface area (Å²) in [7, 11) is -3.52. The van der Waals surface area contributed by atoms with Crippen molar-refractivity contribution in [2.75, 3.05) is 11.6 Å². The lowest BCUT2D eigenvalue weighted by atomic mass is 10.1. The van der Waals surface area contributed by atoms with Crippen molar-refractivity contribution in [2.24, 2.45) is 0 Å². The first-order valence-electron chi connectivity index (χ1n) is 6.29. The predicted molar refractivity (Wildman–Crippen MR) is 92.6 cm³/mol. The Morgan fingerprint density at radius 1 is 1.30 bits per heavy atom. The highest BCUT2D eigenvalue weighted by Crippen LogP contribution is 2.39. The number of sulfone groups is 1. The second-order valence-corrected chi connectivity index (χ2v) is 8.98. The van der Waals surface area contributed by atoms with Crippen LogP contribution in [0.25, 0.3) is 0 Å². The van der Waals surface area contributed by atoms with E-state index in [1.54, 1.807) is 25.1 Å². The fourth-order valence-electron chi connectivity index (χ4n) is 1.91. The molecule has 0 fully saturated rings. The number of rotatable bonds is 5. The van der Waals surface area contributed by atoms with Gasteiger partial charge in [-0.1, -0.05) is 40.6 Å². The van der Waals surface area contributed by atoms with Gasteiger partial charge in [0.1, 0.15) is 4.21 Å². The summed E-state index contributed by atoms with van der Waals surface area (Å²) in [6.45, 7) is 1.76. The van der Waals surface area contributed by atoms with Crippen LogP contribution in [0.1, 0.15) is 18.5 Å². The van der Waals surface area contributed by atoms with Gasteiger partial charge in [0.2, 0.25) is 0 Å². The molecule has 2 aromatic rings. The van der Waals surface area contributed by atoms with Gasteiger partial charge in [-0.3, -0.25) is 10.1 Å². The van der Waals surface area contributed by atoms with Gasteiger partial charge in [-0.2, -0.15) is 0 Å². The van der Waals surface area contributed by atoms with Gasteiger partial charge >= 0.3 is 5.69 Å². The lowest BCUT2D eigenvalue weighted by Gasteiger charge is -2.15. The molecule has 10 heteroatoms. The third kappa shape index (κ3) is 4.14. The van der Waals surface area contributed by atoms with Gasteiger partial charge in [0.25, 0.3) is 0 Å². The number of thiophene rings is 1. The standard InChI is InChI=1S/C13H12Cl2N2O4S2/c1-7(9-4-3-8(14)5-10(9)15)16-13-11(17(18)19)6-12(22-13)23(2,20)21/h3-7,16H,1-2H3. The fourth-order valence-corrected chi connectivity index (χ4v) is 4.51. The van der Waals surface area contributed by atoms with Gasteiger partial charge in [0, 0.05) is 22.4 Å². The molecule has 0 amide bonds. The van der Waals surface area contributed by atoms with Gasteiger partial charge < -0.3 is 5.32 Å². The van der Waals surface area contributed by atoms with Crippen LogP contribution in [0, 0.1) is 10.1 Å². The summed E-state index contributed by atoms with van der Waals surface area (Å²) < 4.78 is 23.1. The second-order valence-electron chi connectivity index (χ2n) is 4.84. The highest BCUT2D eigenvalue weighted by atomic mass is 35.5. The number of nitrogens with zero attached hydrogens (tertiary/aromatic N) is 1. The van der Waals surface area contributed by atoms with Crippen LogP contribution in [0.3, 0.4) is 0 Å². The number of anilines is 1. The molecule has 1 unspecified atom stereocenters. The molecule has 23 heavy (non-hydrogen) atoms. The number of nitro groups is 1. The lowest BCUT2D eigenvalue weighted by Crippen LogP contribution is -2.07. The molecule has 0 aliphatic carbocycles. The minimum atomic E-state index is -3.52. The smallest absolute Gasteiger partial charge is 0.304 e. The quantitative estimate of drug-likeness (QED) is 0.593. The number of hydrogen-bond acceptors (Lipinski definition) is 6. The summed E-state index contributed by atoms with van der Waals surface area (Å²) in [4.78, 5) is 10.5. The van der Waals surface area contributed by atoms with Crippen LogP contribution in [0.2, 0.25) is 10.0 Å². The van der Waals surface area contributed by atoms with E-state index in [-0.39, 0.29) is 20.9 Å². The van der Waals surface area contributed by atoms with Crippen molar-refractivity contribution >= 4 is 55.1 Å². The Bertz CT molecular complexity index is 865. The van der Waals surface area contributed by atoms with Gasteiger partial charge in [-0.15, -0.1) is 0 Å². The van der Waals surface area contributed by atoms with Gasteiger partial charge in [0.15, 0.2) is 14.8 Å². The van der Waals surface area contributed by atoms with E-state index in [4.69, 9.17) is 23.2 Å². The average molecular weight is 395 g/mol. The number of halogens is 2. The van der Waals surface area contributed by atoms with E-state index in [1.165, 1.54) is 0 Å². The van der Waals surface area contributed by atoms with Gasteiger partial charge in [-0.25, -0.2) is 8.42 Å². The molecular formula is C13H12Cl2N2O4S2. The first-order valence-corrected chi connectivity index (χ1v) is 9.75. The third-order valence-corrected chi connectivity index (χ3v) is 6.45. The molecule has 1 N–H and O–H groups in total. The Kier molecular flexibility index (Phi) is 5.20. The van der Waals surface area contributed by atoms with Crippen LogP contribution in [-0.4, -0.2) is 19.6 Å². The fraction of sp³-hybridized carbons (Fsp3) is 0.231. The van der Waals surface area contributed by atoms with Crippen molar-refractivity contribution in [3.8, 4) is 0 Å². The maximum absolute atomic E-state index is 11.6. The topological polar surface area (TPSA) is 89.3 Å². The molecule has 2 rings (SSSR count). The van der Waals surface area contributed by atoms with Gasteiger partial charge in [0.05, 0.1) is 11.0 Å². The summed E-state index contributed by atoms with van der Waals surface area (Å²) in [6.07, 6.45) is 1.01. The maximum Gasteiger partial charge on any atom is 0.304 e. The van der Waals surface area contributed by atoms with E-state index < -0.39 is 14.8 Å². The zero-order valence-electron chi connectivity index (χ0n) is 12.0. The summed E-state index contributed by atoms with van der Waals surface area (Å²) in [5, 5.41) is 15.1. The summed E-state index contributed by atoms with van der Waals surface area (Å²) in [5.41, 5.74) is 0.409. The minimum Gasteiger partial charge on any atom is -0.365 e. The first kappa shape index (κ1) is 18.0. The molecule has 0 saturated heterocycles. The molecule has 6 nitrogen and oxygen atoms in total. The molecule has 124 valence electrons. The Morgan fingerprint density at radius 2 is 1.96 bits per heavy atom. The lowest BCUT2D eigenvalue weighted by molar-refractivity contribution is -0.383. The van der Waals surface area contributed by atoms with Crippen molar-refractivity contribution in [1.82, 2.24) is 0 Å². The zero-order chi connectivity index (χ0) is 17.4. The molecule has 1 aromatic carbocycles. The second kappa shape index (κ2) is 6.64. The van der Waals surface area contributed by atoms with E-state index >= 15 is 0 Å². The highest BCUT2D eigenvalue weighted by Gasteiger charge is 2.25. The van der Waals surface area contributed by atoms with Crippen LogP contribution in [0.15, 0.2) is 28.5 Å². The minimum absolute atomic E-state index is 0.0684. The molecule has 1 atom stereocenters. The van der Waals surface area contributed by atoms with Crippen LogP contribution in [0.4, 0.5) is 10.7 Å². The Labute approximate surface area is 147 Å². The van der Waals surface area contributed by atoms with Crippen LogP contribution < -0.4 is 5.32 Å². The van der Waals surface area contributed by atoms with E-state index in [9.17, 15) is 18.5 Å². The summed E-state index contributed by atoms with van der Waals surface area (Å²) in [5.74, 6) is 0. The Morgan fingerprint density at radius 3 is 2.48 bits per heavy atom. The van der Waals surface area contributed by atoms with Crippen molar-refractivity contribution in [3.63, 3.8) is 0 Å². The Balaban J connectivity index is 2.39. The molecule has 1 heterocycles. The van der Waals surface area contributed by atoms with Crippen molar-refractivity contribution in [2.45, 2.75) is 17.2 Å². The number of benzene rings is 1. The molecule has 0 spiro atoms. The van der Waals surface area contributed by atoms with E-state index in [0.29, 0.717) is 15.6 Å². The monoisotopic (exact) mass is 394 g/mol. The molecule has 1 aromatic heterocycles. The summed E-state index contributed by atoms with van der Waals surface area (Å²) in [6, 6.07) is 5.62. The van der Waals surface area contributed by atoms with E-state index in [1.807, 2.05) is 0 Å². The molecule has 0 aliphatic heterocycles. The third-order valence-electron chi connectivity index (χ3n) is 3.03. The SMILES string of the molecule is CC(Nc1sc(S(C)(=O)=O)cc1[N+](=O)[O-])c1ccc(Cl)cc1Cl. The molecule has 0 radical (unpaired) electrons. The van der Waals surface area contributed by atoms with Crippen LogP contribution >= 0.6 is 34.5 Å². The van der Waals surface area contributed by atoms with Crippen molar-refractivity contribution in [3.05, 3.63) is 50.0 Å². The first-order chi connectivity index (χ1) is 10.6. The van der Waals surface area contributed by atoms with Crippen molar-refractivity contribution < 1.29 is 13.3 Å². The largest absolute Gasteiger partial charge is 0.365 e. The van der Waals surface area contributed by atoms with Crippen LogP contribution in [-0.2, 0) is 9.84 Å². The Hall–Kier alpha value is -1.35. The normalized spacial score (nSPS) is 12.9. The van der Waals surface area contributed by atoms with Gasteiger partial charge in [-0.05, 0) is 24.6 Å².